The molecule has 0 amide bonds. The summed E-state index contributed by atoms with van der Waals surface area (Å²) in [6.45, 7) is 1.45. The molecule has 0 saturated heterocycles. The molecule has 1 aromatic heterocycles. The van der Waals surface area contributed by atoms with Crippen molar-refractivity contribution >= 4 is 0 Å². The maximum Gasteiger partial charge on any atom is 0.141 e. The summed E-state index contributed by atoms with van der Waals surface area (Å²) in [4.78, 5) is 3.83. The van der Waals surface area contributed by atoms with Gasteiger partial charge in [-0.25, -0.2) is 8.78 Å². The van der Waals surface area contributed by atoms with E-state index < -0.39 is 17.2 Å². The molecule has 2 aromatic rings. The van der Waals surface area contributed by atoms with Crippen LogP contribution in [0.1, 0.15) is 18.2 Å². The van der Waals surface area contributed by atoms with E-state index in [1.165, 1.54) is 44.4 Å². The lowest BCUT2D eigenvalue weighted by Gasteiger charge is -2.25. The van der Waals surface area contributed by atoms with Gasteiger partial charge in [0.05, 0.1) is 19.0 Å². The summed E-state index contributed by atoms with van der Waals surface area (Å²) in [6, 6.07) is 6.35. The number of ether oxygens (including phenoxy) is 1. The summed E-state index contributed by atoms with van der Waals surface area (Å²) in [5.41, 5.74) is -1.15. The number of nitrogens with zero attached hydrogens (tertiary/aromatic N) is 1. The number of hydrogen-bond donors (Lipinski definition) is 1. The number of pyridine rings is 1. The Hall–Kier alpha value is -2.01. The lowest BCUT2D eigenvalue weighted by molar-refractivity contribution is 0.0936. The zero-order chi connectivity index (χ0) is 14.0. The molecule has 100 valence electrons. The van der Waals surface area contributed by atoms with E-state index >= 15 is 0 Å². The third kappa shape index (κ3) is 2.56. The molecule has 1 atom stereocenters. The smallest absolute Gasteiger partial charge is 0.141 e. The topological polar surface area (TPSA) is 42.4 Å². The van der Waals surface area contributed by atoms with Crippen LogP contribution in [0.3, 0.4) is 0 Å². The highest BCUT2D eigenvalue weighted by Crippen LogP contribution is 2.34. The van der Waals surface area contributed by atoms with Crippen molar-refractivity contribution < 1.29 is 18.6 Å². The first-order chi connectivity index (χ1) is 8.95. The van der Waals surface area contributed by atoms with Crippen LogP contribution in [0.2, 0.25) is 0 Å². The van der Waals surface area contributed by atoms with Gasteiger partial charge in [-0.05, 0) is 37.3 Å². The van der Waals surface area contributed by atoms with E-state index in [9.17, 15) is 13.9 Å². The number of hydrogen-bond acceptors (Lipinski definition) is 3. The van der Waals surface area contributed by atoms with Gasteiger partial charge >= 0.3 is 0 Å². The average Bonchev–Trinajstić information content (AvgIpc) is 2.39. The molecule has 0 spiro atoms. The standard InChI is InChI=1S/C14H13F2NO2/c1-14(18,13-6-4-10(16)8-17-13)11-7-9(15)3-5-12(11)19-2/h3-8,18H,1-2H3. The van der Waals surface area contributed by atoms with Crippen molar-refractivity contribution in [1.29, 1.82) is 0 Å². The maximum atomic E-state index is 13.3. The van der Waals surface area contributed by atoms with Crippen molar-refractivity contribution in [3.05, 3.63) is 59.4 Å². The van der Waals surface area contributed by atoms with Crippen LogP contribution < -0.4 is 4.74 Å². The molecule has 1 N–H and O–H groups in total. The van der Waals surface area contributed by atoms with Gasteiger partial charge in [-0.1, -0.05) is 0 Å². The zero-order valence-corrected chi connectivity index (χ0v) is 10.5. The van der Waals surface area contributed by atoms with Gasteiger partial charge in [0.2, 0.25) is 0 Å². The van der Waals surface area contributed by atoms with Crippen molar-refractivity contribution in [3.8, 4) is 5.75 Å². The normalized spacial score (nSPS) is 13.9. The van der Waals surface area contributed by atoms with Gasteiger partial charge in [0.25, 0.3) is 0 Å². The van der Waals surface area contributed by atoms with E-state index in [1.807, 2.05) is 0 Å². The van der Waals surface area contributed by atoms with Crippen molar-refractivity contribution in [2.24, 2.45) is 0 Å². The number of aromatic nitrogens is 1. The molecule has 0 aliphatic carbocycles. The van der Waals surface area contributed by atoms with Crippen LogP contribution in [0.25, 0.3) is 0 Å². The summed E-state index contributed by atoms with van der Waals surface area (Å²) in [6.07, 6.45) is 0.996. The molecule has 1 aromatic carbocycles. The van der Waals surface area contributed by atoms with Crippen molar-refractivity contribution in [2.45, 2.75) is 12.5 Å². The predicted molar refractivity (Wildman–Crippen MR) is 65.8 cm³/mol. The molecule has 3 nitrogen and oxygen atoms in total. The van der Waals surface area contributed by atoms with Crippen LogP contribution in [0.15, 0.2) is 36.5 Å². The first kappa shape index (κ1) is 13.4. The Balaban J connectivity index is 2.55. The Morgan fingerprint density at radius 2 is 1.84 bits per heavy atom. The minimum Gasteiger partial charge on any atom is -0.496 e. The Morgan fingerprint density at radius 3 is 2.42 bits per heavy atom. The Labute approximate surface area is 109 Å². The van der Waals surface area contributed by atoms with Gasteiger partial charge < -0.3 is 9.84 Å². The Morgan fingerprint density at radius 1 is 1.16 bits per heavy atom. The number of rotatable bonds is 3. The molecule has 19 heavy (non-hydrogen) atoms. The summed E-state index contributed by atoms with van der Waals surface area (Å²) < 4.78 is 31.3. The van der Waals surface area contributed by atoms with Gasteiger partial charge in [-0.3, -0.25) is 4.98 Å². The number of aliphatic hydroxyl groups is 1. The molecule has 1 heterocycles. The Kier molecular flexibility index (Phi) is 3.48. The third-order valence-electron chi connectivity index (χ3n) is 2.91. The largest absolute Gasteiger partial charge is 0.496 e. The first-order valence-electron chi connectivity index (χ1n) is 5.63. The molecular weight excluding hydrogens is 252 g/mol. The van der Waals surface area contributed by atoms with E-state index in [2.05, 4.69) is 4.98 Å². The van der Waals surface area contributed by atoms with Gasteiger partial charge in [0.1, 0.15) is 23.0 Å². The molecule has 0 aliphatic heterocycles. The lowest BCUT2D eigenvalue weighted by Crippen LogP contribution is -2.25. The van der Waals surface area contributed by atoms with Crippen LogP contribution in [0.4, 0.5) is 8.78 Å². The summed E-state index contributed by atoms with van der Waals surface area (Å²) >= 11 is 0. The molecule has 0 fully saturated rings. The molecule has 1 unspecified atom stereocenters. The van der Waals surface area contributed by atoms with Crippen LogP contribution in [-0.4, -0.2) is 17.2 Å². The third-order valence-corrected chi connectivity index (χ3v) is 2.91. The first-order valence-corrected chi connectivity index (χ1v) is 5.63. The van der Waals surface area contributed by atoms with Crippen molar-refractivity contribution in [2.75, 3.05) is 7.11 Å². The fourth-order valence-electron chi connectivity index (χ4n) is 1.86. The van der Waals surface area contributed by atoms with Crippen LogP contribution in [-0.2, 0) is 5.60 Å². The molecular formula is C14H13F2NO2. The second kappa shape index (κ2) is 4.93. The SMILES string of the molecule is COc1ccc(F)cc1C(C)(O)c1ccc(F)cn1. The quantitative estimate of drug-likeness (QED) is 0.927. The predicted octanol–water partition coefficient (Wildman–Crippen LogP) is 2.62. The van der Waals surface area contributed by atoms with Gasteiger partial charge in [-0.15, -0.1) is 0 Å². The van der Waals surface area contributed by atoms with Crippen molar-refractivity contribution in [3.63, 3.8) is 0 Å². The van der Waals surface area contributed by atoms with Gasteiger partial charge in [0.15, 0.2) is 0 Å². The molecule has 0 aliphatic rings. The van der Waals surface area contributed by atoms with Crippen LogP contribution in [0, 0.1) is 11.6 Å². The van der Waals surface area contributed by atoms with Crippen LogP contribution >= 0.6 is 0 Å². The number of methoxy groups -OCH3 is 1. The Bertz CT molecular complexity index is 582. The number of halogens is 2. The molecule has 2 rings (SSSR count). The maximum absolute atomic E-state index is 13.3. The highest BCUT2D eigenvalue weighted by Gasteiger charge is 2.31. The zero-order valence-electron chi connectivity index (χ0n) is 10.5. The number of benzene rings is 1. The van der Waals surface area contributed by atoms with Crippen LogP contribution in [0.5, 0.6) is 5.75 Å². The van der Waals surface area contributed by atoms with E-state index in [1.54, 1.807) is 0 Å². The molecule has 0 saturated carbocycles. The van der Waals surface area contributed by atoms with Gasteiger partial charge in [-0.2, -0.15) is 0 Å². The summed E-state index contributed by atoms with van der Waals surface area (Å²) in [5.74, 6) is -0.679. The highest BCUT2D eigenvalue weighted by molar-refractivity contribution is 5.42. The van der Waals surface area contributed by atoms with E-state index in [4.69, 9.17) is 4.74 Å². The minimum absolute atomic E-state index is 0.206. The average molecular weight is 265 g/mol. The highest BCUT2D eigenvalue weighted by atomic mass is 19.1. The van der Waals surface area contributed by atoms with E-state index in [0.29, 0.717) is 5.75 Å². The van der Waals surface area contributed by atoms with Gasteiger partial charge in [0, 0.05) is 5.56 Å². The fraction of sp³-hybridized carbons (Fsp3) is 0.214. The minimum atomic E-state index is -1.58. The monoisotopic (exact) mass is 265 g/mol. The molecule has 0 radical (unpaired) electrons. The summed E-state index contributed by atoms with van der Waals surface area (Å²) in [7, 11) is 1.42. The van der Waals surface area contributed by atoms with E-state index in [-0.39, 0.29) is 11.3 Å². The summed E-state index contributed by atoms with van der Waals surface area (Å²) in [5, 5.41) is 10.6. The molecule has 0 bridgehead atoms. The van der Waals surface area contributed by atoms with E-state index in [0.717, 1.165) is 6.20 Å². The molecule has 5 heteroatoms. The second-order valence-electron chi connectivity index (χ2n) is 4.28. The van der Waals surface area contributed by atoms with Crippen molar-refractivity contribution in [1.82, 2.24) is 4.98 Å². The fourth-order valence-corrected chi connectivity index (χ4v) is 1.86. The lowest BCUT2D eigenvalue weighted by atomic mass is 9.91. The second-order valence-corrected chi connectivity index (χ2v) is 4.28.